The Morgan fingerprint density at radius 1 is 1.07 bits per heavy atom. The molecule has 0 spiro atoms. The Kier molecular flexibility index (Phi) is 4.16. The summed E-state index contributed by atoms with van der Waals surface area (Å²) in [5, 5.41) is 8.75. The average Bonchev–Trinajstić information content (AvgIpc) is 3.08. The van der Waals surface area contributed by atoms with Gasteiger partial charge in [-0.25, -0.2) is 8.78 Å². The molecule has 0 unspecified atom stereocenters. The fourth-order valence-corrected chi connectivity index (χ4v) is 2.92. The van der Waals surface area contributed by atoms with Gasteiger partial charge in [-0.2, -0.15) is 4.98 Å². The van der Waals surface area contributed by atoms with Crippen LogP contribution in [0.5, 0.6) is 0 Å². The molecule has 0 radical (unpaired) electrons. The third-order valence-electron chi connectivity index (χ3n) is 4.18. The standard InChI is InChI=1S/C20H15F2N5/c1-3-4-8-18-24-25-20-23-19(26(2)15-7-5-6-13(21)11-15)16-12-14(22)9-10-17(16)27(18)20/h5-7,9-12H,3H2,1-2H3. The molecule has 0 aliphatic heterocycles. The molecule has 0 fully saturated rings. The average molecular weight is 363 g/mol. The van der Waals surface area contributed by atoms with Gasteiger partial charge in [0.1, 0.15) is 17.5 Å². The summed E-state index contributed by atoms with van der Waals surface area (Å²) in [5.74, 6) is 6.38. The van der Waals surface area contributed by atoms with Crippen molar-refractivity contribution in [2.24, 2.45) is 0 Å². The van der Waals surface area contributed by atoms with Crippen molar-refractivity contribution in [3.8, 4) is 11.8 Å². The highest BCUT2D eigenvalue weighted by atomic mass is 19.1. The molecule has 2 aromatic carbocycles. The molecule has 0 amide bonds. The molecule has 0 aliphatic carbocycles. The maximum absolute atomic E-state index is 14.0. The van der Waals surface area contributed by atoms with E-state index < -0.39 is 5.82 Å². The largest absolute Gasteiger partial charge is 0.329 e. The quantitative estimate of drug-likeness (QED) is 0.504. The number of fused-ring (bicyclic) bond motifs is 3. The van der Waals surface area contributed by atoms with Crippen molar-refractivity contribution >= 4 is 28.2 Å². The second kappa shape index (κ2) is 6.65. The summed E-state index contributed by atoms with van der Waals surface area (Å²) in [6, 6.07) is 10.5. The predicted molar refractivity (Wildman–Crippen MR) is 99.9 cm³/mol. The second-order valence-electron chi connectivity index (χ2n) is 5.95. The van der Waals surface area contributed by atoms with E-state index in [2.05, 4.69) is 27.0 Å². The molecule has 27 heavy (non-hydrogen) atoms. The summed E-state index contributed by atoms with van der Waals surface area (Å²) in [6.45, 7) is 1.94. The summed E-state index contributed by atoms with van der Waals surface area (Å²) in [4.78, 5) is 6.23. The number of hydrogen-bond donors (Lipinski definition) is 0. The Balaban J connectivity index is 2.01. The number of rotatable bonds is 2. The lowest BCUT2D eigenvalue weighted by Gasteiger charge is -2.20. The summed E-state index contributed by atoms with van der Waals surface area (Å²) < 4.78 is 29.3. The molecule has 0 atom stereocenters. The van der Waals surface area contributed by atoms with Crippen LogP contribution in [0.4, 0.5) is 20.3 Å². The van der Waals surface area contributed by atoms with Crippen LogP contribution in [0.25, 0.3) is 16.7 Å². The first-order chi connectivity index (χ1) is 13.1. The lowest BCUT2D eigenvalue weighted by molar-refractivity contribution is 0.627. The Labute approximate surface area is 154 Å². The van der Waals surface area contributed by atoms with Crippen molar-refractivity contribution in [3.05, 3.63) is 59.9 Å². The predicted octanol–water partition coefficient (Wildman–Crippen LogP) is 4.09. The summed E-state index contributed by atoms with van der Waals surface area (Å²) in [5.41, 5.74) is 1.26. The van der Waals surface area contributed by atoms with E-state index >= 15 is 0 Å². The van der Waals surface area contributed by atoms with E-state index in [1.54, 1.807) is 34.5 Å². The van der Waals surface area contributed by atoms with Gasteiger partial charge >= 0.3 is 0 Å². The summed E-state index contributed by atoms with van der Waals surface area (Å²) in [7, 11) is 1.74. The topological polar surface area (TPSA) is 46.3 Å². The van der Waals surface area contributed by atoms with Crippen LogP contribution in [0.15, 0.2) is 42.5 Å². The molecular formula is C20H15F2N5. The molecule has 0 N–H and O–H groups in total. The van der Waals surface area contributed by atoms with Gasteiger partial charge in [0.05, 0.1) is 5.52 Å². The molecule has 2 aromatic heterocycles. The van der Waals surface area contributed by atoms with Gasteiger partial charge in [0, 0.05) is 24.5 Å². The third-order valence-corrected chi connectivity index (χ3v) is 4.18. The molecule has 4 aromatic rings. The van der Waals surface area contributed by atoms with Crippen LogP contribution in [0, 0.1) is 23.5 Å². The highest BCUT2D eigenvalue weighted by Crippen LogP contribution is 2.31. The molecule has 7 heteroatoms. The van der Waals surface area contributed by atoms with Crippen LogP contribution in [0.2, 0.25) is 0 Å². The van der Waals surface area contributed by atoms with Crippen molar-refractivity contribution in [2.75, 3.05) is 11.9 Å². The minimum absolute atomic E-state index is 0.341. The lowest BCUT2D eigenvalue weighted by Crippen LogP contribution is -2.13. The molecule has 134 valence electrons. The van der Waals surface area contributed by atoms with Crippen LogP contribution in [0.3, 0.4) is 0 Å². The Hall–Kier alpha value is -3.53. The second-order valence-corrected chi connectivity index (χ2v) is 5.95. The highest BCUT2D eigenvalue weighted by Gasteiger charge is 2.17. The van der Waals surface area contributed by atoms with Gasteiger partial charge < -0.3 is 4.90 Å². The van der Waals surface area contributed by atoms with Crippen molar-refractivity contribution in [1.82, 2.24) is 19.6 Å². The first kappa shape index (κ1) is 16.9. The van der Waals surface area contributed by atoms with Crippen LogP contribution in [-0.4, -0.2) is 26.6 Å². The Bertz CT molecular complexity index is 1220. The zero-order valence-corrected chi connectivity index (χ0v) is 14.7. The van der Waals surface area contributed by atoms with Crippen LogP contribution in [0.1, 0.15) is 19.2 Å². The first-order valence-electron chi connectivity index (χ1n) is 8.41. The van der Waals surface area contributed by atoms with Gasteiger partial charge in [0.2, 0.25) is 5.82 Å². The van der Waals surface area contributed by atoms with Crippen molar-refractivity contribution in [3.63, 3.8) is 0 Å². The van der Waals surface area contributed by atoms with Gasteiger partial charge in [0.15, 0.2) is 0 Å². The monoisotopic (exact) mass is 363 g/mol. The lowest BCUT2D eigenvalue weighted by atomic mass is 10.2. The van der Waals surface area contributed by atoms with Gasteiger partial charge in [-0.3, -0.25) is 4.40 Å². The van der Waals surface area contributed by atoms with E-state index in [4.69, 9.17) is 0 Å². The summed E-state index contributed by atoms with van der Waals surface area (Å²) in [6.07, 6.45) is 0.676. The number of aromatic nitrogens is 4. The SMILES string of the molecule is CCC#Cc1nnc2nc(N(C)c3cccc(F)c3)c3cc(F)ccc3n12. The van der Waals surface area contributed by atoms with Crippen molar-refractivity contribution in [1.29, 1.82) is 0 Å². The van der Waals surface area contributed by atoms with Crippen LogP contribution < -0.4 is 4.90 Å². The molecule has 0 saturated heterocycles. The van der Waals surface area contributed by atoms with Crippen LogP contribution in [-0.2, 0) is 0 Å². The summed E-state index contributed by atoms with van der Waals surface area (Å²) >= 11 is 0. The zero-order valence-electron chi connectivity index (χ0n) is 14.7. The van der Waals surface area contributed by atoms with Crippen molar-refractivity contribution < 1.29 is 8.78 Å². The minimum atomic E-state index is -0.396. The number of nitrogens with zero attached hydrogens (tertiary/aromatic N) is 5. The fourth-order valence-electron chi connectivity index (χ4n) is 2.92. The molecule has 5 nitrogen and oxygen atoms in total. The molecule has 0 aliphatic rings. The fraction of sp³-hybridized carbons (Fsp3) is 0.150. The minimum Gasteiger partial charge on any atom is -0.329 e. The van der Waals surface area contributed by atoms with Crippen LogP contribution >= 0.6 is 0 Å². The smallest absolute Gasteiger partial charge is 0.258 e. The van der Waals surface area contributed by atoms with E-state index in [0.717, 1.165) is 0 Å². The Morgan fingerprint density at radius 3 is 2.67 bits per heavy atom. The normalized spacial score (nSPS) is 10.8. The molecule has 0 saturated carbocycles. The maximum atomic E-state index is 14.0. The Morgan fingerprint density at radius 2 is 1.89 bits per heavy atom. The van der Waals surface area contributed by atoms with E-state index in [-0.39, 0.29) is 5.82 Å². The molecular weight excluding hydrogens is 348 g/mol. The number of benzene rings is 2. The van der Waals surface area contributed by atoms with E-state index in [9.17, 15) is 8.78 Å². The first-order valence-corrected chi connectivity index (χ1v) is 8.41. The van der Waals surface area contributed by atoms with E-state index in [0.29, 0.717) is 40.4 Å². The maximum Gasteiger partial charge on any atom is 0.258 e. The highest BCUT2D eigenvalue weighted by molar-refractivity contribution is 5.93. The number of halogens is 2. The number of anilines is 2. The van der Waals surface area contributed by atoms with Gasteiger partial charge in [-0.15, -0.1) is 10.2 Å². The van der Waals surface area contributed by atoms with Gasteiger partial charge in [-0.1, -0.05) is 18.9 Å². The van der Waals surface area contributed by atoms with E-state index in [1.165, 1.54) is 24.3 Å². The third kappa shape index (κ3) is 2.95. The molecule has 2 heterocycles. The molecule has 0 bridgehead atoms. The van der Waals surface area contributed by atoms with E-state index in [1.807, 2.05) is 6.92 Å². The molecule has 4 rings (SSSR count). The van der Waals surface area contributed by atoms with Gasteiger partial charge in [0.25, 0.3) is 5.78 Å². The zero-order chi connectivity index (χ0) is 19.0. The number of hydrogen-bond acceptors (Lipinski definition) is 4. The van der Waals surface area contributed by atoms with Crippen molar-refractivity contribution in [2.45, 2.75) is 13.3 Å². The van der Waals surface area contributed by atoms with Gasteiger partial charge in [-0.05, 0) is 42.3 Å².